The Kier molecular flexibility index (Phi) is 4.99. The van der Waals surface area contributed by atoms with E-state index < -0.39 is 22.1 Å². The zero-order valence-electron chi connectivity index (χ0n) is 12.6. The van der Waals surface area contributed by atoms with Gasteiger partial charge >= 0.3 is 5.69 Å². The van der Waals surface area contributed by atoms with Crippen LogP contribution in [0.3, 0.4) is 0 Å². The molecule has 1 aliphatic heterocycles. The maximum atomic E-state index is 11.0. The zero-order valence-corrected chi connectivity index (χ0v) is 12.6. The summed E-state index contributed by atoms with van der Waals surface area (Å²) in [5.74, 6) is -1.16. The molecule has 3 N–H and O–H groups in total. The highest BCUT2D eigenvalue weighted by molar-refractivity contribution is 5.57. The third kappa shape index (κ3) is 3.55. The van der Waals surface area contributed by atoms with Crippen LogP contribution in [-0.2, 0) is 0 Å². The fraction of sp³-hybridized carbons (Fsp3) is 0.467. The van der Waals surface area contributed by atoms with Crippen LogP contribution in [0.2, 0.25) is 0 Å². The van der Waals surface area contributed by atoms with Gasteiger partial charge in [0.1, 0.15) is 0 Å². The average Bonchev–Trinajstić information content (AvgIpc) is 2.48. The SMILES string of the molecule is C=C(C)C[C@@H](c1cc(O)c(O)c([N+](=O)[O-])c1)N1CCNCC1. The summed E-state index contributed by atoms with van der Waals surface area (Å²) in [6.07, 6.45) is 0.640. The van der Waals surface area contributed by atoms with Crippen LogP contribution in [0.4, 0.5) is 5.69 Å². The maximum Gasteiger partial charge on any atom is 0.314 e. The molecule has 1 saturated heterocycles. The van der Waals surface area contributed by atoms with Crippen molar-refractivity contribution in [1.82, 2.24) is 10.2 Å². The van der Waals surface area contributed by atoms with Gasteiger partial charge in [0.15, 0.2) is 5.75 Å². The summed E-state index contributed by atoms with van der Waals surface area (Å²) in [5, 5.41) is 33.7. The number of phenolic OH excluding ortho intramolecular Hbond substituents is 2. The molecule has 0 aromatic heterocycles. The van der Waals surface area contributed by atoms with Gasteiger partial charge in [0.2, 0.25) is 5.75 Å². The second-order valence-electron chi connectivity index (χ2n) is 5.63. The standard InChI is InChI=1S/C15H21N3O4/c1-10(2)7-12(17-5-3-16-4-6-17)11-8-13(18(21)22)15(20)14(19)9-11/h8-9,12,16,19-20H,1,3-7H2,2H3/t12-/m0/s1. The van der Waals surface area contributed by atoms with Crippen LogP contribution in [0.15, 0.2) is 24.3 Å². The van der Waals surface area contributed by atoms with Crippen LogP contribution < -0.4 is 5.32 Å². The Bertz CT molecular complexity index is 582. The topological polar surface area (TPSA) is 98.9 Å². The number of rotatable bonds is 5. The number of nitro benzene ring substituents is 1. The zero-order chi connectivity index (χ0) is 16.3. The van der Waals surface area contributed by atoms with E-state index in [4.69, 9.17) is 0 Å². The lowest BCUT2D eigenvalue weighted by Crippen LogP contribution is -2.45. The minimum atomic E-state index is -0.692. The Morgan fingerprint density at radius 1 is 1.45 bits per heavy atom. The molecule has 1 fully saturated rings. The summed E-state index contributed by atoms with van der Waals surface area (Å²) in [5.41, 5.74) is 1.10. The Balaban J connectivity index is 2.42. The summed E-state index contributed by atoms with van der Waals surface area (Å²) < 4.78 is 0. The van der Waals surface area contributed by atoms with E-state index in [1.54, 1.807) is 0 Å². The first-order valence-electron chi connectivity index (χ1n) is 7.19. The van der Waals surface area contributed by atoms with Crippen LogP contribution in [0.1, 0.15) is 24.9 Å². The largest absolute Gasteiger partial charge is 0.504 e. The van der Waals surface area contributed by atoms with Gasteiger partial charge in [-0.1, -0.05) is 5.57 Å². The van der Waals surface area contributed by atoms with Crippen molar-refractivity contribution in [3.8, 4) is 11.5 Å². The van der Waals surface area contributed by atoms with E-state index in [9.17, 15) is 20.3 Å². The van der Waals surface area contributed by atoms with Gasteiger partial charge in [-0.2, -0.15) is 0 Å². The molecule has 0 aliphatic carbocycles. The van der Waals surface area contributed by atoms with Gasteiger partial charge in [-0.15, -0.1) is 6.58 Å². The van der Waals surface area contributed by atoms with E-state index in [-0.39, 0.29) is 6.04 Å². The van der Waals surface area contributed by atoms with E-state index in [0.717, 1.165) is 31.8 Å². The van der Waals surface area contributed by atoms with Crippen molar-refractivity contribution >= 4 is 5.69 Å². The molecule has 0 unspecified atom stereocenters. The molecule has 0 spiro atoms. The first-order valence-corrected chi connectivity index (χ1v) is 7.19. The van der Waals surface area contributed by atoms with E-state index >= 15 is 0 Å². The Hall–Kier alpha value is -2.12. The van der Waals surface area contributed by atoms with Crippen LogP contribution in [0.25, 0.3) is 0 Å². The highest BCUT2D eigenvalue weighted by atomic mass is 16.6. The Labute approximate surface area is 129 Å². The van der Waals surface area contributed by atoms with Gasteiger partial charge in [0.05, 0.1) is 4.92 Å². The van der Waals surface area contributed by atoms with Gasteiger partial charge in [0, 0.05) is 38.3 Å². The molecule has 1 aliphatic rings. The average molecular weight is 307 g/mol. The number of nitrogens with one attached hydrogen (secondary N) is 1. The van der Waals surface area contributed by atoms with Gasteiger partial charge in [-0.05, 0) is 25.0 Å². The van der Waals surface area contributed by atoms with Gasteiger partial charge in [0.25, 0.3) is 0 Å². The third-order valence-corrected chi connectivity index (χ3v) is 3.81. The number of phenols is 2. The van der Waals surface area contributed by atoms with Crippen LogP contribution in [0, 0.1) is 10.1 Å². The van der Waals surface area contributed by atoms with E-state index in [0.29, 0.717) is 12.0 Å². The lowest BCUT2D eigenvalue weighted by atomic mass is 9.97. The summed E-state index contributed by atoms with van der Waals surface area (Å²) in [6.45, 7) is 9.15. The van der Waals surface area contributed by atoms with Crippen molar-refractivity contribution in [2.24, 2.45) is 0 Å². The highest BCUT2D eigenvalue weighted by Crippen LogP contribution is 2.40. The quantitative estimate of drug-likeness (QED) is 0.333. The normalized spacial score (nSPS) is 17.1. The molecule has 1 aromatic rings. The number of piperazine rings is 1. The summed E-state index contributed by atoms with van der Waals surface area (Å²) >= 11 is 0. The molecule has 7 heteroatoms. The predicted molar refractivity (Wildman–Crippen MR) is 83.0 cm³/mol. The summed E-state index contributed by atoms with van der Waals surface area (Å²) in [7, 11) is 0. The first-order chi connectivity index (χ1) is 10.4. The Morgan fingerprint density at radius 2 is 2.09 bits per heavy atom. The maximum absolute atomic E-state index is 11.0. The van der Waals surface area contributed by atoms with E-state index in [2.05, 4.69) is 16.8 Å². The van der Waals surface area contributed by atoms with Gasteiger partial charge in [-0.3, -0.25) is 15.0 Å². The summed E-state index contributed by atoms with van der Waals surface area (Å²) in [6, 6.07) is 2.63. The van der Waals surface area contributed by atoms with Crippen molar-refractivity contribution in [2.45, 2.75) is 19.4 Å². The van der Waals surface area contributed by atoms with Crippen LogP contribution in [0.5, 0.6) is 11.5 Å². The van der Waals surface area contributed by atoms with Crippen molar-refractivity contribution in [1.29, 1.82) is 0 Å². The van der Waals surface area contributed by atoms with Crippen LogP contribution >= 0.6 is 0 Å². The molecule has 1 aromatic carbocycles. The molecule has 0 radical (unpaired) electrons. The molecule has 22 heavy (non-hydrogen) atoms. The molecule has 0 amide bonds. The number of nitro groups is 1. The smallest absolute Gasteiger partial charge is 0.314 e. The fourth-order valence-corrected chi connectivity index (χ4v) is 2.74. The first kappa shape index (κ1) is 16.3. The fourth-order valence-electron chi connectivity index (χ4n) is 2.74. The number of benzene rings is 1. The van der Waals surface area contributed by atoms with Crippen LogP contribution in [-0.4, -0.2) is 46.2 Å². The number of aromatic hydroxyl groups is 2. The van der Waals surface area contributed by atoms with Crippen molar-refractivity contribution in [3.63, 3.8) is 0 Å². The molecule has 1 atom stereocenters. The second kappa shape index (κ2) is 6.76. The molecule has 120 valence electrons. The Morgan fingerprint density at radius 3 is 2.64 bits per heavy atom. The number of hydrogen-bond acceptors (Lipinski definition) is 6. The number of nitrogens with zero attached hydrogens (tertiary/aromatic N) is 2. The summed E-state index contributed by atoms with van der Waals surface area (Å²) in [4.78, 5) is 12.6. The van der Waals surface area contributed by atoms with Gasteiger partial charge in [-0.25, -0.2) is 0 Å². The van der Waals surface area contributed by atoms with Crippen molar-refractivity contribution in [2.75, 3.05) is 26.2 Å². The predicted octanol–water partition coefficient (Wildman–Crippen LogP) is 1.92. The molecular weight excluding hydrogens is 286 g/mol. The molecule has 0 bridgehead atoms. The minimum absolute atomic E-state index is 0.107. The van der Waals surface area contributed by atoms with Crippen molar-refractivity contribution in [3.05, 3.63) is 40.0 Å². The third-order valence-electron chi connectivity index (χ3n) is 3.81. The number of hydrogen-bond donors (Lipinski definition) is 3. The lowest BCUT2D eigenvalue weighted by Gasteiger charge is -2.35. The molecular formula is C15H21N3O4. The van der Waals surface area contributed by atoms with Gasteiger partial charge < -0.3 is 15.5 Å². The van der Waals surface area contributed by atoms with E-state index in [1.807, 2.05) is 6.92 Å². The monoisotopic (exact) mass is 307 g/mol. The lowest BCUT2D eigenvalue weighted by molar-refractivity contribution is -0.386. The highest BCUT2D eigenvalue weighted by Gasteiger charge is 2.27. The molecule has 0 saturated carbocycles. The second-order valence-corrected chi connectivity index (χ2v) is 5.63. The molecule has 2 rings (SSSR count). The molecule has 7 nitrogen and oxygen atoms in total. The van der Waals surface area contributed by atoms with E-state index in [1.165, 1.54) is 12.1 Å². The minimum Gasteiger partial charge on any atom is -0.504 e. The van der Waals surface area contributed by atoms with Crippen molar-refractivity contribution < 1.29 is 15.1 Å². The molecule has 1 heterocycles.